The van der Waals surface area contributed by atoms with Gasteiger partial charge in [0.25, 0.3) is 3.12 Å². The zero-order valence-electron chi connectivity index (χ0n) is 8.47. The average Bonchev–Trinajstić information content (AvgIpc) is 2.74. The highest BCUT2D eigenvalue weighted by Gasteiger charge is 2.29. The lowest BCUT2D eigenvalue weighted by molar-refractivity contribution is 0.153. The van der Waals surface area contributed by atoms with Gasteiger partial charge >= 0.3 is 6.09 Å². The van der Waals surface area contributed by atoms with Gasteiger partial charge in [0.2, 0.25) is 0 Å². The van der Waals surface area contributed by atoms with E-state index in [1.54, 1.807) is 12.1 Å². The van der Waals surface area contributed by atoms with Crippen molar-refractivity contribution in [3.63, 3.8) is 0 Å². The molecule has 0 N–H and O–H groups in total. The predicted octanol–water partition coefficient (Wildman–Crippen LogP) is 3.66. The summed E-state index contributed by atoms with van der Waals surface area (Å²) in [6.45, 7) is 0. The maximum absolute atomic E-state index is 11.3. The van der Waals surface area contributed by atoms with Crippen molar-refractivity contribution in [1.82, 2.24) is 4.41 Å². The summed E-state index contributed by atoms with van der Waals surface area (Å²) in [4.78, 5) is 11.3. The minimum atomic E-state index is -1.73. The first-order valence-electron chi connectivity index (χ1n) is 4.14. The lowest BCUT2D eigenvalue weighted by Crippen LogP contribution is -2.22. The molecule has 0 atom stereocenters. The van der Waals surface area contributed by atoms with Crippen molar-refractivity contribution in [3.05, 3.63) is 24.2 Å². The van der Waals surface area contributed by atoms with Gasteiger partial charge in [-0.2, -0.15) is 5.10 Å². The molecule has 0 aliphatic rings. The fraction of sp³-hybridized carbons (Fsp3) is 0.250. The van der Waals surface area contributed by atoms with Gasteiger partial charge < -0.3 is 9.15 Å². The van der Waals surface area contributed by atoms with Crippen LogP contribution in [0.3, 0.4) is 0 Å². The van der Waals surface area contributed by atoms with Gasteiger partial charge in [-0.25, -0.2) is 4.79 Å². The molecule has 5 nitrogen and oxygen atoms in total. The van der Waals surface area contributed by atoms with Crippen LogP contribution in [0.1, 0.15) is 5.76 Å². The minimum absolute atomic E-state index is 0.448. The molecule has 1 aromatic heterocycles. The highest BCUT2D eigenvalue weighted by atomic mass is 35.6. The normalized spacial score (nSPS) is 11.8. The van der Waals surface area contributed by atoms with Crippen LogP contribution in [-0.4, -0.2) is 27.0 Å². The Morgan fingerprint density at radius 3 is 2.82 bits per heavy atom. The van der Waals surface area contributed by atoms with Gasteiger partial charge in [0.1, 0.15) is 5.76 Å². The average molecular weight is 318 g/mol. The number of hydrogen-bond acceptors (Lipinski definition) is 5. The highest BCUT2D eigenvalue weighted by Crippen LogP contribution is 2.41. The molecule has 0 aliphatic carbocycles. The maximum atomic E-state index is 11.3. The molecule has 0 aliphatic heterocycles. The van der Waals surface area contributed by atoms with E-state index in [1.165, 1.54) is 19.6 Å². The molecular formula is C8H7Cl3N2O3S. The molecule has 1 heterocycles. The number of hydrazone groups is 1. The number of carbonyl (C=O) groups is 1. The van der Waals surface area contributed by atoms with Crippen molar-refractivity contribution in [2.24, 2.45) is 5.10 Å². The number of methoxy groups -OCH3 is 1. The number of halogens is 3. The summed E-state index contributed by atoms with van der Waals surface area (Å²) in [5.41, 5.74) is 0. The summed E-state index contributed by atoms with van der Waals surface area (Å²) in [7, 11) is 1.19. The molecular weight excluding hydrogens is 311 g/mol. The first-order valence-corrected chi connectivity index (χ1v) is 6.04. The first kappa shape index (κ1) is 14.5. The third kappa shape index (κ3) is 5.54. The van der Waals surface area contributed by atoms with Crippen molar-refractivity contribution in [2.45, 2.75) is 3.12 Å². The van der Waals surface area contributed by atoms with Gasteiger partial charge in [0, 0.05) is 11.9 Å². The zero-order valence-corrected chi connectivity index (χ0v) is 11.6. The number of furan rings is 1. The maximum Gasteiger partial charge on any atom is 0.440 e. The SMILES string of the molecule is COC(=O)N(N=Cc1ccco1)SC(Cl)(Cl)Cl. The summed E-state index contributed by atoms with van der Waals surface area (Å²) < 4.78 is 8.54. The Morgan fingerprint density at radius 2 is 2.35 bits per heavy atom. The molecule has 0 spiro atoms. The van der Waals surface area contributed by atoms with Crippen LogP contribution in [0.25, 0.3) is 0 Å². The lowest BCUT2D eigenvalue weighted by Gasteiger charge is -2.17. The number of amides is 1. The van der Waals surface area contributed by atoms with Crippen LogP contribution < -0.4 is 0 Å². The van der Waals surface area contributed by atoms with E-state index in [1.807, 2.05) is 0 Å². The van der Waals surface area contributed by atoms with Crippen molar-refractivity contribution in [1.29, 1.82) is 0 Å². The summed E-state index contributed by atoms with van der Waals surface area (Å²) in [6.07, 6.45) is 1.98. The number of carbonyl (C=O) groups excluding carboxylic acids is 1. The molecule has 1 aromatic rings. The topological polar surface area (TPSA) is 55.0 Å². The summed E-state index contributed by atoms with van der Waals surface area (Å²) in [5, 5.41) is 3.77. The molecule has 0 saturated heterocycles. The van der Waals surface area contributed by atoms with Crippen LogP contribution in [0.15, 0.2) is 27.9 Å². The van der Waals surface area contributed by atoms with E-state index in [9.17, 15) is 4.79 Å². The molecule has 94 valence electrons. The van der Waals surface area contributed by atoms with E-state index < -0.39 is 9.22 Å². The lowest BCUT2D eigenvalue weighted by atomic mass is 10.5. The molecule has 0 unspecified atom stereocenters. The van der Waals surface area contributed by atoms with Gasteiger partial charge in [0.05, 0.1) is 19.6 Å². The fourth-order valence-corrected chi connectivity index (χ4v) is 1.79. The molecule has 0 radical (unpaired) electrons. The van der Waals surface area contributed by atoms with Crippen molar-refractivity contribution in [2.75, 3.05) is 7.11 Å². The second-order valence-corrected chi connectivity index (χ2v) is 6.63. The zero-order chi connectivity index (χ0) is 12.9. The largest absolute Gasteiger partial charge is 0.463 e. The van der Waals surface area contributed by atoms with Gasteiger partial charge in [-0.1, -0.05) is 34.8 Å². The Balaban J connectivity index is 2.74. The van der Waals surface area contributed by atoms with E-state index in [0.29, 0.717) is 17.7 Å². The Labute approximate surface area is 117 Å². The minimum Gasteiger partial charge on any atom is -0.463 e. The standard InChI is InChI=1S/C8H7Cl3N2O3S/c1-15-7(14)13(17-8(9,10)11)12-5-6-3-2-4-16-6/h2-5H,1H3. The molecule has 0 fully saturated rings. The number of ether oxygens (including phenoxy) is 1. The van der Waals surface area contributed by atoms with Gasteiger partial charge in [-0.05, 0) is 12.1 Å². The van der Waals surface area contributed by atoms with Crippen molar-refractivity contribution in [3.8, 4) is 0 Å². The molecule has 0 saturated carbocycles. The molecule has 17 heavy (non-hydrogen) atoms. The monoisotopic (exact) mass is 316 g/mol. The van der Waals surface area contributed by atoms with Crippen LogP contribution in [0.4, 0.5) is 4.79 Å². The molecule has 1 amide bonds. The van der Waals surface area contributed by atoms with Crippen LogP contribution in [-0.2, 0) is 4.74 Å². The van der Waals surface area contributed by atoms with Crippen molar-refractivity contribution >= 4 is 59.1 Å². The van der Waals surface area contributed by atoms with Gasteiger partial charge in [0.15, 0.2) is 0 Å². The second kappa shape index (κ2) is 6.39. The predicted molar refractivity (Wildman–Crippen MR) is 68.4 cm³/mol. The molecule has 9 heteroatoms. The number of nitrogens with zero attached hydrogens (tertiary/aromatic N) is 2. The second-order valence-electron chi connectivity index (χ2n) is 2.54. The Hall–Kier alpha value is -0.560. The molecule has 0 bridgehead atoms. The summed E-state index contributed by atoms with van der Waals surface area (Å²) >= 11 is 17.2. The number of rotatable bonds is 3. The third-order valence-corrected chi connectivity index (χ3v) is 2.60. The van der Waals surface area contributed by atoms with Crippen molar-refractivity contribution < 1.29 is 13.9 Å². The fourth-order valence-electron chi connectivity index (χ4n) is 0.758. The summed E-state index contributed by atoms with van der Waals surface area (Å²) in [6, 6.07) is 3.32. The van der Waals surface area contributed by atoms with E-state index in [-0.39, 0.29) is 0 Å². The van der Waals surface area contributed by atoms with Crippen LogP contribution >= 0.6 is 46.8 Å². The molecule has 0 aromatic carbocycles. The highest BCUT2D eigenvalue weighted by molar-refractivity contribution is 8.03. The Morgan fingerprint density at radius 1 is 1.65 bits per heavy atom. The van der Waals surface area contributed by atoms with E-state index in [4.69, 9.17) is 39.2 Å². The number of hydrogen-bond donors (Lipinski definition) is 0. The van der Waals surface area contributed by atoms with Crippen LogP contribution in [0.2, 0.25) is 0 Å². The van der Waals surface area contributed by atoms with Gasteiger partial charge in [-0.15, -0.1) is 4.41 Å². The quantitative estimate of drug-likeness (QED) is 0.369. The van der Waals surface area contributed by atoms with E-state index in [2.05, 4.69) is 9.84 Å². The number of alkyl halides is 3. The molecule has 1 rings (SSSR count). The van der Waals surface area contributed by atoms with Gasteiger partial charge in [-0.3, -0.25) is 0 Å². The van der Waals surface area contributed by atoms with Crippen LogP contribution in [0.5, 0.6) is 0 Å². The third-order valence-electron chi connectivity index (χ3n) is 1.35. The van der Waals surface area contributed by atoms with Crippen LogP contribution in [0, 0.1) is 0 Å². The van der Waals surface area contributed by atoms with E-state index >= 15 is 0 Å². The van der Waals surface area contributed by atoms with E-state index in [0.717, 1.165) is 4.41 Å². The summed E-state index contributed by atoms with van der Waals surface area (Å²) in [5.74, 6) is 0.448. The first-order chi connectivity index (χ1) is 7.92. The smallest absolute Gasteiger partial charge is 0.440 e. The Bertz CT molecular complexity index is 391. The Kier molecular flexibility index (Phi) is 5.45.